The first-order chi connectivity index (χ1) is 13.9. The van der Waals surface area contributed by atoms with Gasteiger partial charge in [-0.05, 0) is 43.5 Å². The van der Waals surface area contributed by atoms with Crippen molar-refractivity contribution >= 4 is 35.0 Å². The lowest BCUT2D eigenvalue weighted by molar-refractivity contribution is -0.118. The van der Waals surface area contributed by atoms with Gasteiger partial charge in [-0.1, -0.05) is 19.9 Å². The Morgan fingerprint density at radius 3 is 2.41 bits per heavy atom. The second kappa shape index (κ2) is 8.91. The molecule has 2 amide bonds. The van der Waals surface area contributed by atoms with E-state index in [1.54, 1.807) is 49.6 Å². The van der Waals surface area contributed by atoms with E-state index in [4.69, 9.17) is 4.42 Å². The summed E-state index contributed by atoms with van der Waals surface area (Å²) in [4.78, 5) is 33.7. The van der Waals surface area contributed by atoms with Gasteiger partial charge in [-0.2, -0.15) is 0 Å². The molecule has 0 saturated heterocycles. The molecule has 0 spiro atoms. The molecule has 1 aromatic carbocycles. The number of hydrogen-bond donors (Lipinski definition) is 2. The number of aromatic nitrogens is 2. The standard InChI is InChI=1S/C21H22N4O3S/c1-12(2)19(26)23-14-7-5-8-15(11-14)24-20(27)17-13(3)22-18(25-21(17)29-4)16-9-6-10-28-16/h5-12H,1-4H3,(H,23,26)(H,24,27). The van der Waals surface area contributed by atoms with Gasteiger partial charge in [0.15, 0.2) is 11.6 Å². The highest BCUT2D eigenvalue weighted by atomic mass is 32.2. The lowest BCUT2D eigenvalue weighted by Gasteiger charge is -2.13. The average Bonchev–Trinajstić information content (AvgIpc) is 3.22. The van der Waals surface area contributed by atoms with Crippen molar-refractivity contribution in [1.29, 1.82) is 0 Å². The Balaban J connectivity index is 1.85. The van der Waals surface area contributed by atoms with E-state index in [0.29, 0.717) is 39.2 Å². The zero-order valence-electron chi connectivity index (χ0n) is 16.6. The fourth-order valence-corrected chi connectivity index (χ4v) is 3.25. The van der Waals surface area contributed by atoms with Crippen LogP contribution in [0.1, 0.15) is 29.9 Å². The molecule has 0 aliphatic heterocycles. The van der Waals surface area contributed by atoms with Crippen LogP contribution in [0.25, 0.3) is 11.6 Å². The van der Waals surface area contributed by atoms with Gasteiger partial charge in [-0.3, -0.25) is 9.59 Å². The van der Waals surface area contributed by atoms with Crippen LogP contribution in [-0.2, 0) is 4.79 Å². The normalized spacial score (nSPS) is 10.8. The first-order valence-corrected chi connectivity index (χ1v) is 10.3. The lowest BCUT2D eigenvalue weighted by Crippen LogP contribution is -2.19. The highest BCUT2D eigenvalue weighted by Crippen LogP contribution is 2.26. The van der Waals surface area contributed by atoms with Gasteiger partial charge in [-0.15, -0.1) is 11.8 Å². The van der Waals surface area contributed by atoms with E-state index < -0.39 is 0 Å². The molecule has 2 aromatic heterocycles. The summed E-state index contributed by atoms with van der Waals surface area (Å²) >= 11 is 1.36. The van der Waals surface area contributed by atoms with Crippen LogP contribution in [0, 0.1) is 12.8 Å². The first kappa shape index (κ1) is 20.6. The molecule has 7 nitrogen and oxygen atoms in total. The quantitative estimate of drug-likeness (QED) is 0.455. The maximum Gasteiger partial charge on any atom is 0.260 e. The zero-order chi connectivity index (χ0) is 21.0. The molecule has 0 bridgehead atoms. The van der Waals surface area contributed by atoms with Crippen molar-refractivity contribution in [3.05, 3.63) is 53.9 Å². The minimum Gasteiger partial charge on any atom is -0.461 e. The Morgan fingerprint density at radius 1 is 1.07 bits per heavy atom. The lowest BCUT2D eigenvalue weighted by atomic mass is 10.2. The molecule has 150 valence electrons. The van der Waals surface area contributed by atoms with Crippen LogP contribution in [0.5, 0.6) is 0 Å². The molecular formula is C21H22N4O3S. The third kappa shape index (κ3) is 4.83. The molecule has 0 unspecified atom stereocenters. The van der Waals surface area contributed by atoms with Crippen molar-refractivity contribution in [3.63, 3.8) is 0 Å². The van der Waals surface area contributed by atoms with Crippen LogP contribution in [-0.4, -0.2) is 28.0 Å². The molecular weight excluding hydrogens is 388 g/mol. The number of aryl methyl sites for hydroxylation is 1. The van der Waals surface area contributed by atoms with Crippen LogP contribution in [0.4, 0.5) is 11.4 Å². The molecule has 0 aliphatic rings. The number of nitrogens with zero attached hydrogens (tertiary/aromatic N) is 2. The predicted octanol–water partition coefficient (Wildman–Crippen LogP) is 4.61. The molecule has 2 N–H and O–H groups in total. The van der Waals surface area contributed by atoms with Gasteiger partial charge >= 0.3 is 0 Å². The van der Waals surface area contributed by atoms with Crippen molar-refractivity contribution in [3.8, 4) is 11.6 Å². The number of carbonyl (C=O) groups excluding carboxylic acids is 2. The van der Waals surface area contributed by atoms with Crippen molar-refractivity contribution < 1.29 is 14.0 Å². The molecule has 0 atom stereocenters. The number of hydrogen-bond acceptors (Lipinski definition) is 6. The Bertz CT molecular complexity index is 1030. The van der Waals surface area contributed by atoms with Crippen LogP contribution in [0.15, 0.2) is 52.1 Å². The summed E-state index contributed by atoms with van der Waals surface area (Å²) in [6.07, 6.45) is 3.41. The predicted molar refractivity (Wildman–Crippen MR) is 114 cm³/mol. The topological polar surface area (TPSA) is 97.1 Å². The van der Waals surface area contributed by atoms with E-state index in [0.717, 1.165) is 0 Å². The van der Waals surface area contributed by atoms with Crippen molar-refractivity contribution in [2.75, 3.05) is 16.9 Å². The Labute approximate surface area is 173 Å². The molecule has 3 rings (SSSR count). The van der Waals surface area contributed by atoms with Crippen molar-refractivity contribution in [1.82, 2.24) is 9.97 Å². The molecule has 2 heterocycles. The second-order valence-corrected chi connectivity index (χ2v) is 7.47. The number of furan rings is 1. The maximum absolute atomic E-state index is 12.9. The number of amides is 2. The number of rotatable bonds is 6. The minimum absolute atomic E-state index is 0.0871. The van der Waals surface area contributed by atoms with E-state index >= 15 is 0 Å². The second-order valence-electron chi connectivity index (χ2n) is 6.67. The van der Waals surface area contributed by atoms with E-state index in [1.807, 2.05) is 20.1 Å². The molecule has 3 aromatic rings. The fourth-order valence-electron chi connectivity index (χ4n) is 2.63. The number of nitrogens with one attached hydrogen (secondary N) is 2. The van der Waals surface area contributed by atoms with Gasteiger partial charge < -0.3 is 15.1 Å². The summed E-state index contributed by atoms with van der Waals surface area (Å²) < 4.78 is 5.36. The van der Waals surface area contributed by atoms with Crippen LogP contribution in [0.3, 0.4) is 0 Å². The summed E-state index contributed by atoms with van der Waals surface area (Å²) in [6.45, 7) is 5.40. The summed E-state index contributed by atoms with van der Waals surface area (Å²) in [7, 11) is 0. The molecule has 8 heteroatoms. The number of carbonyl (C=O) groups is 2. The van der Waals surface area contributed by atoms with Gasteiger partial charge in [0.25, 0.3) is 5.91 Å². The summed E-state index contributed by atoms with van der Waals surface area (Å²) in [5, 5.41) is 6.25. The fraction of sp³-hybridized carbons (Fsp3) is 0.238. The summed E-state index contributed by atoms with van der Waals surface area (Å²) in [6, 6.07) is 10.5. The van der Waals surface area contributed by atoms with Crippen molar-refractivity contribution in [2.24, 2.45) is 5.92 Å². The third-order valence-corrected chi connectivity index (χ3v) is 4.81. The van der Waals surface area contributed by atoms with Gasteiger partial charge in [0.2, 0.25) is 5.91 Å². The Kier molecular flexibility index (Phi) is 6.33. The van der Waals surface area contributed by atoms with Gasteiger partial charge in [0.1, 0.15) is 5.03 Å². The third-order valence-electron chi connectivity index (χ3n) is 4.13. The molecule has 0 fully saturated rings. The maximum atomic E-state index is 12.9. The Morgan fingerprint density at radius 2 is 1.79 bits per heavy atom. The number of anilines is 2. The van der Waals surface area contributed by atoms with E-state index in [2.05, 4.69) is 20.6 Å². The average molecular weight is 410 g/mol. The minimum atomic E-state index is -0.315. The smallest absolute Gasteiger partial charge is 0.260 e. The highest BCUT2D eigenvalue weighted by Gasteiger charge is 2.20. The van der Waals surface area contributed by atoms with Crippen LogP contribution in [0.2, 0.25) is 0 Å². The molecule has 0 radical (unpaired) electrons. The van der Waals surface area contributed by atoms with E-state index in [-0.39, 0.29) is 17.7 Å². The van der Waals surface area contributed by atoms with Crippen molar-refractivity contribution in [2.45, 2.75) is 25.8 Å². The van der Waals surface area contributed by atoms with Gasteiger partial charge in [0, 0.05) is 17.3 Å². The van der Waals surface area contributed by atoms with Gasteiger partial charge in [0.05, 0.1) is 17.5 Å². The van der Waals surface area contributed by atoms with Crippen LogP contribution < -0.4 is 10.6 Å². The number of thioether (sulfide) groups is 1. The van der Waals surface area contributed by atoms with Crippen LogP contribution >= 0.6 is 11.8 Å². The molecule has 29 heavy (non-hydrogen) atoms. The van der Waals surface area contributed by atoms with E-state index in [9.17, 15) is 9.59 Å². The van der Waals surface area contributed by atoms with E-state index in [1.165, 1.54) is 11.8 Å². The van der Waals surface area contributed by atoms with Gasteiger partial charge in [-0.25, -0.2) is 9.97 Å². The highest BCUT2D eigenvalue weighted by molar-refractivity contribution is 7.98. The largest absolute Gasteiger partial charge is 0.461 e. The SMILES string of the molecule is CSc1nc(-c2ccco2)nc(C)c1C(=O)Nc1cccc(NC(=O)C(C)C)c1. The monoisotopic (exact) mass is 410 g/mol. The summed E-state index contributed by atoms with van der Waals surface area (Å²) in [5.74, 6) is 0.446. The zero-order valence-corrected chi connectivity index (χ0v) is 17.5. The molecule has 0 aliphatic carbocycles. The molecule has 0 saturated carbocycles. The first-order valence-electron chi connectivity index (χ1n) is 9.07. The Hall–Kier alpha value is -3.13. The number of benzene rings is 1. The summed E-state index contributed by atoms with van der Waals surface area (Å²) in [5.41, 5.74) is 2.15.